The Morgan fingerprint density at radius 3 is 2.52 bits per heavy atom. The van der Waals surface area contributed by atoms with Crippen LogP contribution in [-0.2, 0) is 0 Å². The fraction of sp³-hybridized carbons (Fsp3) is 0.556. The van der Waals surface area contributed by atoms with Gasteiger partial charge in [-0.3, -0.25) is 9.69 Å². The van der Waals surface area contributed by atoms with E-state index in [-0.39, 0.29) is 18.1 Å². The van der Waals surface area contributed by atoms with Crippen LogP contribution in [0.1, 0.15) is 36.2 Å². The van der Waals surface area contributed by atoms with E-state index in [1.165, 1.54) is 0 Å². The van der Waals surface area contributed by atoms with Gasteiger partial charge >= 0.3 is 0 Å². The Balaban J connectivity index is 2.09. The van der Waals surface area contributed by atoms with Crippen molar-refractivity contribution in [2.45, 2.75) is 32.4 Å². The number of nitriles is 1. The molecule has 5 nitrogen and oxygen atoms in total. The molecule has 0 radical (unpaired) electrons. The Kier molecular flexibility index (Phi) is 5.75. The maximum absolute atomic E-state index is 12.7. The topological polar surface area (TPSA) is 67.6 Å². The van der Waals surface area contributed by atoms with E-state index in [1.807, 2.05) is 7.05 Å². The van der Waals surface area contributed by atoms with Gasteiger partial charge in [0.25, 0.3) is 5.91 Å². The van der Waals surface area contributed by atoms with Gasteiger partial charge in [-0.25, -0.2) is 0 Å². The first-order valence-electron chi connectivity index (χ1n) is 8.14. The Morgan fingerprint density at radius 2 is 2.04 bits per heavy atom. The smallest absolute Gasteiger partial charge is 0.253 e. The summed E-state index contributed by atoms with van der Waals surface area (Å²) in [6.07, 6.45) is 0.763. The highest BCUT2D eigenvalue weighted by molar-refractivity contribution is 5.94. The molecule has 0 saturated carbocycles. The van der Waals surface area contributed by atoms with Gasteiger partial charge in [-0.2, -0.15) is 5.26 Å². The third-order valence-electron chi connectivity index (χ3n) is 4.76. The lowest BCUT2D eigenvalue weighted by molar-refractivity contribution is -0.0162. The fourth-order valence-corrected chi connectivity index (χ4v) is 2.95. The fourth-order valence-electron chi connectivity index (χ4n) is 2.95. The second kappa shape index (κ2) is 7.58. The number of carbonyl (C=O) groups is 1. The van der Waals surface area contributed by atoms with Crippen molar-refractivity contribution in [3.8, 4) is 6.07 Å². The highest BCUT2D eigenvalue weighted by Crippen LogP contribution is 2.20. The van der Waals surface area contributed by atoms with Gasteiger partial charge in [0.15, 0.2) is 0 Å². The number of aliphatic hydroxyl groups is 1. The summed E-state index contributed by atoms with van der Waals surface area (Å²) in [4.78, 5) is 16.7. The summed E-state index contributed by atoms with van der Waals surface area (Å²) in [5.74, 6) is 0.348. The summed E-state index contributed by atoms with van der Waals surface area (Å²) < 4.78 is 0. The van der Waals surface area contributed by atoms with Crippen LogP contribution < -0.4 is 0 Å². The molecule has 0 bridgehead atoms. The van der Waals surface area contributed by atoms with E-state index in [0.29, 0.717) is 30.1 Å². The third kappa shape index (κ3) is 4.10. The van der Waals surface area contributed by atoms with E-state index in [1.54, 1.807) is 29.2 Å². The SMILES string of the molecule is CCC(C)C(CN1CC(O)C1)N(C)C(=O)c1ccc(C#N)cc1. The first-order valence-corrected chi connectivity index (χ1v) is 8.14. The zero-order valence-corrected chi connectivity index (χ0v) is 14.1. The van der Waals surface area contributed by atoms with Crippen LogP contribution in [-0.4, -0.2) is 59.6 Å². The van der Waals surface area contributed by atoms with Gasteiger partial charge in [-0.05, 0) is 30.2 Å². The van der Waals surface area contributed by atoms with E-state index in [4.69, 9.17) is 5.26 Å². The van der Waals surface area contributed by atoms with Crippen molar-refractivity contribution < 1.29 is 9.90 Å². The van der Waals surface area contributed by atoms with Gasteiger partial charge in [0, 0.05) is 38.3 Å². The Labute approximate surface area is 138 Å². The van der Waals surface area contributed by atoms with Crippen molar-refractivity contribution in [2.75, 3.05) is 26.7 Å². The Morgan fingerprint density at radius 1 is 1.43 bits per heavy atom. The summed E-state index contributed by atoms with van der Waals surface area (Å²) in [6.45, 7) is 6.44. The van der Waals surface area contributed by atoms with Crippen molar-refractivity contribution in [1.29, 1.82) is 5.26 Å². The predicted octanol–water partition coefficient (Wildman–Crippen LogP) is 1.72. The summed E-state index contributed by atoms with van der Waals surface area (Å²) in [5, 5.41) is 18.3. The second-order valence-corrected chi connectivity index (χ2v) is 6.43. The second-order valence-electron chi connectivity index (χ2n) is 6.43. The molecular weight excluding hydrogens is 290 g/mol. The average molecular weight is 315 g/mol. The third-order valence-corrected chi connectivity index (χ3v) is 4.76. The molecule has 1 aromatic carbocycles. The molecule has 0 aliphatic carbocycles. The first-order chi connectivity index (χ1) is 11.0. The van der Waals surface area contributed by atoms with Crippen LogP contribution in [0.2, 0.25) is 0 Å². The summed E-state index contributed by atoms with van der Waals surface area (Å²) in [6, 6.07) is 8.93. The van der Waals surface area contributed by atoms with E-state index >= 15 is 0 Å². The lowest BCUT2D eigenvalue weighted by Crippen LogP contribution is -2.57. The lowest BCUT2D eigenvalue weighted by Gasteiger charge is -2.42. The number of benzene rings is 1. The summed E-state index contributed by atoms with van der Waals surface area (Å²) in [7, 11) is 1.84. The van der Waals surface area contributed by atoms with E-state index < -0.39 is 0 Å². The Hall–Kier alpha value is -1.90. The zero-order chi connectivity index (χ0) is 17.0. The molecule has 1 fully saturated rings. The predicted molar refractivity (Wildman–Crippen MR) is 88.9 cm³/mol. The van der Waals surface area contributed by atoms with Crippen molar-refractivity contribution in [3.05, 3.63) is 35.4 Å². The van der Waals surface area contributed by atoms with Gasteiger partial charge in [0.2, 0.25) is 0 Å². The van der Waals surface area contributed by atoms with Crippen molar-refractivity contribution >= 4 is 5.91 Å². The van der Waals surface area contributed by atoms with Crippen LogP contribution in [0.5, 0.6) is 0 Å². The van der Waals surface area contributed by atoms with Gasteiger partial charge in [-0.15, -0.1) is 0 Å². The molecule has 2 unspecified atom stereocenters. The molecule has 124 valence electrons. The monoisotopic (exact) mass is 315 g/mol. The number of β-amino-alcohol motifs (C(OH)–C–C–N with tert-alkyl or cyclic N) is 1. The molecule has 1 heterocycles. The van der Waals surface area contributed by atoms with Crippen LogP contribution >= 0.6 is 0 Å². The Bertz CT molecular complexity index is 573. The largest absolute Gasteiger partial charge is 0.390 e. The standard InChI is InChI=1S/C18H25N3O2/c1-4-13(2)17(12-21-10-16(22)11-21)20(3)18(23)15-7-5-14(9-19)6-8-15/h5-8,13,16-17,22H,4,10-12H2,1-3H3. The zero-order valence-electron chi connectivity index (χ0n) is 14.1. The number of hydrogen-bond donors (Lipinski definition) is 1. The minimum absolute atomic E-state index is 0.0270. The summed E-state index contributed by atoms with van der Waals surface area (Å²) >= 11 is 0. The number of amides is 1. The minimum Gasteiger partial charge on any atom is -0.390 e. The van der Waals surface area contributed by atoms with Crippen LogP contribution in [0.3, 0.4) is 0 Å². The molecule has 2 atom stereocenters. The molecule has 2 rings (SSSR count). The maximum Gasteiger partial charge on any atom is 0.253 e. The molecule has 0 aromatic heterocycles. The van der Waals surface area contributed by atoms with E-state index in [0.717, 1.165) is 13.0 Å². The van der Waals surface area contributed by atoms with Gasteiger partial charge < -0.3 is 10.0 Å². The maximum atomic E-state index is 12.7. The number of carbonyl (C=O) groups excluding carboxylic acids is 1. The molecule has 23 heavy (non-hydrogen) atoms. The van der Waals surface area contributed by atoms with Gasteiger partial charge in [-0.1, -0.05) is 20.3 Å². The molecule has 0 spiro atoms. The van der Waals surface area contributed by atoms with Gasteiger partial charge in [0.05, 0.1) is 17.7 Å². The van der Waals surface area contributed by atoms with E-state index in [2.05, 4.69) is 24.8 Å². The first kappa shape index (κ1) is 17.5. The number of likely N-dealkylation sites (tertiary alicyclic amines) is 1. The normalized spacial score (nSPS) is 17.9. The van der Waals surface area contributed by atoms with Crippen molar-refractivity contribution in [2.24, 2.45) is 5.92 Å². The van der Waals surface area contributed by atoms with Crippen LogP contribution in [0.15, 0.2) is 24.3 Å². The molecule has 1 aliphatic heterocycles. The molecule has 1 aliphatic rings. The number of nitrogens with zero attached hydrogens (tertiary/aromatic N) is 3. The minimum atomic E-state index is -0.230. The highest BCUT2D eigenvalue weighted by atomic mass is 16.3. The molecular formula is C18H25N3O2. The average Bonchev–Trinajstić information content (AvgIpc) is 2.55. The number of hydrogen-bond acceptors (Lipinski definition) is 4. The van der Waals surface area contributed by atoms with Crippen molar-refractivity contribution in [3.63, 3.8) is 0 Å². The quantitative estimate of drug-likeness (QED) is 0.868. The highest BCUT2D eigenvalue weighted by Gasteiger charge is 2.32. The molecule has 1 aromatic rings. The molecule has 1 amide bonds. The lowest BCUT2D eigenvalue weighted by atomic mass is 9.95. The van der Waals surface area contributed by atoms with Gasteiger partial charge in [0.1, 0.15) is 0 Å². The molecule has 5 heteroatoms. The molecule has 1 N–H and O–H groups in total. The molecule has 1 saturated heterocycles. The number of rotatable bonds is 6. The number of aliphatic hydroxyl groups excluding tert-OH is 1. The summed E-state index contributed by atoms with van der Waals surface area (Å²) in [5.41, 5.74) is 1.15. The van der Waals surface area contributed by atoms with Crippen LogP contribution in [0.25, 0.3) is 0 Å². The van der Waals surface area contributed by atoms with Crippen molar-refractivity contribution in [1.82, 2.24) is 9.80 Å². The van der Waals surface area contributed by atoms with Crippen LogP contribution in [0, 0.1) is 17.2 Å². The van der Waals surface area contributed by atoms with Crippen LogP contribution in [0.4, 0.5) is 0 Å². The van der Waals surface area contributed by atoms with E-state index in [9.17, 15) is 9.90 Å². The number of likely N-dealkylation sites (N-methyl/N-ethyl adjacent to an activating group) is 1.